The number of carbonyl (C=O) groups is 2. The third-order valence-corrected chi connectivity index (χ3v) is 2.36. The first-order chi connectivity index (χ1) is 9.01. The average Bonchev–Trinajstić information content (AvgIpc) is 2.30. The van der Waals surface area contributed by atoms with Crippen LogP contribution in [0.4, 0.5) is 0 Å². The van der Waals surface area contributed by atoms with Crippen molar-refractivity contribution in [1.29, 1.82) is 0 Å². The lowest BCUT2D eigenvalue weighted by molar-refractivity contribution is -0.142. The summed E-state index contributed by atoms with van der Waals surface area (Å²) in [6, 6.07) is 7.14. The van der Waals surface area contributed by atoms with Crippen molar-refractivity contribution in [3.63, 3.8) is 0 Å². The maximum atomic E-state index is 10.7. The van der Waals surface area contributed by atoms with Gasteiger partial charge in [-0.15, -0.1) is 0 Å². The molecule has 1 rings (SSSR count). The molecule has 6 heteroatoms. The van der Waals surface area contributed by atoms with Crippen LogP contribution in [0.25, 0.3) is 0 Å². The van der Waals surface area contributed by atoms with Crippen LogP contribution in [0.1, 0.15) is 12.5 Å². The number of carboxylic acid groups (broad SMARTS) is 2. The smallest absolute Gasteiger partial charge is 0.317 e. The van der Waals surface area contributed by atoms with Crippen LogP contribution >= 0.6 is 0 Å². The molecule has 0 radical (unpaired) electrons. The van der Waals surface area contributed by atoms with Crippen molar-refractivity contribution in [2.24, 2.45) is 0 Å². The second-order valence-corrected chi connectivity index (χ2v) is 4.01. The highest BCUT2D eigenvalue weighted by molar-refractivity contribution is 5.72. The van der Waals surface area contributed by atoms with Crippen molar-refractivity contribution in [1.82, 2.24) is 4.90 Å². The lowest BCUT2D eigenvalue weighted by Gasteiger charge is -2.18. The summed E-state index contributed by atoms with van der Waals surface area (Å²) < 4.78 is 5.29. The first-order valence-corrected chi connectivity index (χ1v) is 5.89. The van der Waals surface area contributed by atoms with Crippen molar-refractivity contribution in [3.8, 4) is 5.75 Å². The van der Waals surface area contributed by atoms with Gasteiger partial charge in [-0.25, -0.2) is 0 Å². The number of hydrogen-bond acceptors (Lipinski definition) is 4. The normalized spacial score (nSPS) is 10.4. The van der Waals surface area contributed by atoms with Gasteiger partial charge in [0.1, 0.15) is 5.75 Å². The van der Waals surface area contributed by atoms with E-state index in [2.05, 4.69) is 0 Å². The maximum Gasteiger partial charge on any atom is 0.317 e. The van der Waals surface area contributed by atoms with E-state index in [-0.39, 0.29) is 19.6 Å². The summed E-state index contributed by atoms with van der Waals surface area (Å²) in [5.74, 6) is -1.37. The number of nitrogens with zero attached hydrogens (tertiary/aromatic N) is 1. The summed E-state index contributed by atoms with van der Waals surface area (Å²) in [6.45, 7) is 2.11. The summed E-state index contributed by atoms with van der Waals surface area (Å²) in [5, 5.41) is 17.5. The first-order valence-electron chi connectivity index (χ1n) is 5.89. The van der Waals surface area contributed by atoms with E-state index in [1.54, 1.807) is 24.3 Å². The Morgan fingerprint density at radius 3 is 2.05 bits per heavy atom. The molecule has 0 heterocycles. The number of carboxylic acids is 2. The van der Waals surface area contributed by atoms with Gasteiger partial charge in [-0.3, -0.25) is 14.5 Å². The Balaban J connectivity index is 2.66. The second-order valence-electron chi connectivity index (χ2n) is 4.01. The van der Waals surface area contributed by atoms with E-state index in [1.807, 2.05) is 6.92 Å². The summed E-state index contributed by atoms with van der Waals surface area (Å²) in [7, 11) is 0. The SMILES string of the molecule is CCOc1ccc(CN(CC(=O)O)CC(=O)O)cc1. The van der Waals surface area contributed by atoms with Crippen LogP contribution in [0.3, 0.4) is 0 Å². The van der Waals surface area contributed by atoms with E-state index in [0.717, 1.165) is 11.3 Å². The minimum atomic E-state index is -1.05. The van der Waals surface area contributed by atoms with Gasteiger partial charge in [0.25, 0.3) is 0 Å². The van der Waals surface area contributed by atoms with Crippen molar-refractivity contribution < 1.29 is 24.5 Å². The number of benzene rings is 1. The maximum absolute atomic E-state index is 10.7. The molecule has 0 bridgehead atoms. The van der Waals surface area contributed by atoms with E-state index in [1.165, 1.54) is 4.90 Å². The zero-order valence-electron chi connectivity index (χ0n) is 10.7. The predicted octanol–water partition coefficient (Wildman–Crippen LogP) is 1.06. The zero-order chi connectivity index (χ0) is 14.3. The molecule has 0 aliphatic heterocycles. The van der Waals surface area contributed by atoms with Gasteiger partial charge in [-0.05, 0) is 24.6 Å². The quantitative estimate of drug-likeness (QED) is 0.732. The molecule has 0 aliphatic carbocycles. The van der Waals surface area contributed by atoms with Crippen LogP contribution in [0.15, 0.2) is 24.3 Å². The van der Waals surface area contributed by atoms with E-state index in [0.29, 0.717) is 6.61 Å². The summed E-state index contributed by atoms with van der Waals surface area (Å²) >= 11 is 0. The van der Waals surface area contributed by atoms with Gasteiger partial charge in [0, 0.05) is 6.54 Å². The molecule has 0 spiro atoms. The van der Waals surface area contributed by atoms with E-state index < -0.39 is 11.9 Å². The third kappa shape index (κ3) is 5.87. The van der Waals surface area contributed by atoms with E-state index in [4.69, 9.17) is 14.9 Å². The van der Waals surface area contributed by atoms with Crippen LogP contribution in [-0.2, 0) is 16.1 Å². The van der Waals surface area contributed by atoms with Gasteiger partial charge >= 0.3 is 11.9 Å². The van der Waals surface area contributed by atoms with E-state index in [9.17, 15) is 9.59 Å². The monoisotopic (exact) mass is 267 g/mol. The molecule has 1 aromatic carbocycles. The lowest BCUT2D eigenvalue weighted by atomic mass is 10.2. The number of aliphatic carboxylic acids is 2. The summed E-state index contributed by atoms with van der Waals surface area (Å²) in [4.78, 5) is 22.7. The number of hydrogen-bond donors (Lipinski definition) is 2. The molecule has 0 unspecified atom stereocenters. The Morgan fingerprint density at radius 2 is 1.63 bits per heavy atom. The van der Waals surface area contributed by atoms with Gasteiger partial charge in [-0.2, -0.15) is 0 Å². The van der Waals surface area contributed by atoms with Crippen LogP contribution < -0.4 is 4.74 Å². The molecule has 1 aromatic rings. The first kappa shape index (κ1) is 15.0. The number of rotatable bonds is 8. The van der Waals surface area contributed by atoms with E-state index >= 15 is 0 Å². The summed E-state index contributed by atoms with van der Waals surface area (Å²) in [5.41, 5.74) is 0.839. The topological polar surface area (TPSA) is 87.1 Å². The molecule has 0 saturated heterocycles. The fourth-order valence-corrected chi connectivity index (χ4v) is 1.67. The van der Waals surface area contributed by atoms with Gasteiger partial charge in [-0.1, -0.05) is 12.1 Å². The third-order valence-electron chi connectivity index (χ3n) is 2.36. The molecule has 104 valence electrons. The molecular weight excluding hydrogens is 250 g/mol. The Kier molecular flexibility index (Phi) is 5.81. The molecule has 2 N–H and O–H groups in total. The van der Waals surface area contributed by atoms with Gasteiger partial charge in [0.15, 0.2) is 0 Å². The highest BCUT2D eigenvalue weighted by Gasteiger charge is 2.13. The minimum absolute atomic E-state index is 0.269. The largest absolute Gasteiger partial charge is 0.494 e. The van der Waals surface area contributed by atoms with Crippen LogP contribution in [0, 0.1) is 0 Å². The van der Waals surface area contributed by atoms with Gasteiger partial charge in [0.05, 0.1) is 19.7 Å². The Morgan fingerprint density at radius 1 is 1.11 bits per heavy atom. The van der Waals surface area contributed by atoms with Crippen LogP contribution in [-0.4, -0.2) is 46.7 Å². The molecule has 0 aromatic heterocycles. The molecule has 6 nitrogen and oxygen atoms in total. The standard InChI is InChI=1S/C13H17NO5/c1-2-19-11-5-3-10(4-6-11)7-14(8-12(15)16)9-13(17)18/h3-6H,2,7-9H2,1H3,(H,15,16)(H,17,18). The van der Waals surface area contributed by atoms with Gasteiger partial charge in [0.2, 0.25) is 0 Å². The molecule has 0 fully saturated rings. The highest BCUT2D eigenvalue weighted by atomic mass is 16.5. The fraction of sp³-hybridized carbons (Fsp3) is 0.385. The number of ether oxygens (including phenoxy) is 1. The van der Waals surface area contributed by atoms with Crippen LogP contribution in [0.5, 0.6) is 5.75 Å². The van der Waals surface area contributed by atoms with Crippen molar-refractivity contribution in [2.75, 3.05) is 19.7 Å². The summed E-state index contributed by atoms with van der Waals surface area (Å²) in [6.07, 6.45) is 0. The predicted molar refractivity (Wildman–Crippen MR) is 68.2 cm³/mol. The van der Waals surface area contributed by atoms with Crippen LogP contribution in [0.2, 0.25) is 0 Å². The zero-order valence-corrected chi connectivity index (χ0v) is 10.7. The fourth-order valence-electron chi connectivity index (χ4n) is 1.67. The average molecular weight is 267 g/mol. The molecule has 0 aliphatic rings. The molecule has 19 heavy (non-hydrogen) atoms. The molecule has 0 atom stereocenters. The van der Waals surface area contributed by atoms with Crippen molar-refractivity contribution >= 4 is 11.9 Å². The van der Waals surface area contributed by atoms with Crippen molar-refractivity contribution in [2.45, 2.75) is 13.5 Å². The Labute approximate surface area is 111 Å². The molecule has 0 saturated carbocycles. The second kappa shape index (κ2) is 7.38. The molecular formula is C13H17NO5. The lowest BCUT2D eigenvalue weighted by Crippen LogP contribution is -2.33. The molecule has 0 amide bonds. The van der Waals surface area contributed by atoms with Crippen molar-refractivity contribution in [3.05, 3.63) is 29.8 Å². The Bertz CT molecular complexity index is 413. The highest BCUT2D eigenvalue weighted by Crippen LogP contribution is 2.13. The Hall–Kier alpha value is -2.08. The van der Waals surface area contributed by atoms with Gasteiger partial charge < -0.3 is 14.9 Å². The minimum Gasteiger partial charge on any atom is -0.494 e.